The van der Waals surface area contributed by atoms with Crippen molar-refractivity contribution in [2.45, 2.75) is 12.8 Å². The SMILES string of the molecule is O=C(Nc1cnc(N2CCCC2)nc1)c1ccc2nccnc2c1. The smallest absolute Gasteiger partial charge is 0.255 e. The summed E-state index contributed by atoms with van der Waals surface area (Å²) in [6.45, 7) is 1.98. The Kier molecular flexibility index (Phi) is 3.74. The van der Waals surface area contributed by atoms with E-state index in [-0.39, 0.29) is 5.91 Å². The Balaban J connectivity index is 1.50. The summed E-state index contributed by atoms with van der Waals surface area (Å²) in [5, 5.41) is 2.81. The average molecular weight is 320 g/mol. The molecule has 2 aromatic heterocycles. The molecule has 0 atom stereocenters. The number of carbonyl (C=O) groups excluding carboxylic acids is 1. The molecule has 3 heterocycles. The third-order valence-corrected chi connectivity index (χ3v) is 4.02. The lowest BCUT2D eigenvalue weighted by Gasteiger charge is -2.14. The summed E-state index contributed by atoms with van der Waals surface area (Å²) >= 11 is 0. The van der Waals surface area contributed by atoms with Gasteiger partial charge in [0.2, 0.25) is 5.95 Å². The second kappa shape index (κ2) is 6.19. The Labute approximate surface area is 138 Å². The van der Waals surface area contributed by atoms with E-state index in [1.54, 1.807) is 43.0 Å². The van der Waals surface area contributed by atoms with Gasteiger partial charge >= 0.3 is 0 Å². The first-order valence-corrected chi connectivity index (χ1v) is 7.89. The number of nitrogens with zero attached hydrogens (tertiary/aromatic N) is 5. The van der Waals surface area contributed by atoms with E-state index < -0.39 is 0 Å². The Morgan fingerprint density at radius 2 is 1.67 bits per heavy atom. The van der Waals surface area contributed by atoms with Crippen LogP contribution in [0.25, 0.3) is 11.0 Å². The number of benzene rings is 1. The molecule has 1 aliphatic heterocycles. The van der Waals surface area contributed by atoms with Gasteiger partial charge in [-0.1, -0.05) is 0 Å². The number of amides is 1. The average Bonchev–Trinajstić information content (AvgIpc) is 3.16. The highest BCUT2D eigenvalue weighted by Gasteiger charge is 2.15. The summed E-state index contributed by atoms with van der Waals surface area (Å²) in [6.07, 6.45) is 8.86. The lowest BCUT2D eigenvalue weighted by atomic mass is 10.2. The fourth-order valence-electron chi connectivity index (χ4n) is 2.77. The van der Waals surface area contributed by atoms with E-state index in [1.807, 2.05) is 0 Å². The Hall–Kier alpha value is -3.09. The lowest BCUT2D eigenvalue weighted by Crippen LogP contribution is -2.20. The van der Waals surface area contributed by atoms with Crippen LogP contribution in [0.3, 0.4) is 0 Å². The predicted octanol–water partition coefficient (Wildman–Crippen LogP) is 2.27. The number of nitrogens with one attached hydrogen (secondary N) is 1. The van der Waals surface area contributed by atoms with Crippen molar-refractivity contribution in [3.8, 4) is 0 Å². The number of anilines is 2. The largest absolute Gasteiger partial charge is 0.341 e. The molecule has 0 unspecified atom stereocenters. The quantitative estimate of drug-likeness (QED) is 0.797. The van der Waals surface area contributed by atoms with Crippen molar-refractivity contribution in [3.63, 3.8) is 0 Å². The number of rotatable bonds is 3. The van der Waals surface area contributed by atoms with Gasteiger partial charge in [-0.05, 0) is 31.0 Å². The van der Waals surface area contributed by atoms with Crippen LogP contribution in [0.1, 0.15) is 23.2 Å². The van der Waals surface area contributed by atoms with Gasteiger partial charge in [0.1, 0.15) is 0 Å². The molecule has 4 rings (SSSR count). The topological polar surface area (TPSA) is 83.9 Å². The number of hydrogen-bond acceptors (Lipinski definition) is 6. The van der Waals surface area contributed by atoms with Crippen molar-refractivity contribution >= 4 is 28.6 Å². The van der Waals surface area contributed by atoms with Gasteiger partial charge in [0.25, 0.3) is 5.91 Å². The maximum absolute atomic E-state index is 12.4. The van der Waals surface area contributed by atoms with E-state index in [4.69, 9.17) is 0 Å². The van der Waals surface area contributed by atoms with E-state index in [0.29, 0.717) is 22.7 Å². The molecular weight excluding hydrogens is 304 g/mol. The standard InChI is InChI=1S/C17H16N6O/c24-16(12-3-4-14-15(9-12)19-6-5-18-14)22-13-10-20-17(21-11-13)23-7-1-2-8-23/h3-6,9-11H,1-2,7-8H2,(H,22,24). The second-order valence-electron chi connectivity index (χ2n) is 5.68. The van der Waals surface area contributed by atoms with Crippen molar-refractivity contribution < 1.29 is 4.79 Å². The molecule has 3 aromatic rings. The van der Waals surface area contributed by atoms with Gasteiger partial charge in [-0.2, -0.15) is 0 Å². The van der Waals surface area contributed by atoms with Crippen molar-refractivity contribution in [1.82, 2.24) is 19.9 Å². The Morgan fingerprint density at radius 3 is 2.42 bits per heavy atom. The predicted molar refractivity (Wildman–Crippen MR) is 91.0 cm³/mol. The number of hydrogen-bond donors (Lipinski definition) is 1. The normalized spacial score (nSPS) is 14.1. The van der Waals surface area contributed by atoms with Gasteiger partial charge < -0.3 is 10.2 Å². The zero-order valence-electron chi connectivity index (χ0n) is 13.0. The molecule has 1 fully saturated rings. The summed E-state index contributed by atoms with van der Waals surface area (Å²) in [5.74, 6) is 0.492. The summed E-state index contributed by atoms with van der Waals surface area (Å²) in [6, 6.07) is 5.23. The van der Waals surface area contributed by atoms with Crippen LogP contribution in [0.4, 0.5) is 11.6 Å². The molecule has 0 radical (unpaired) electrons. The number of carbonyl (C=O) groups is 1. The first-order valence-electron chi connectivity index (χ1n) is 7.89. The van der Waals surface area contributed by atoms with Gasteiger partial charge in [-0.25, -0.2) is 9.97 Å². The molecule has 1 amide bonds. The molecule has 0 saturated carbocycles. The van der Waals surface area contributed by atoms with Crippen LogP contribution in [0.15, 0.2) is 43.0 Å². The summed E-state index contributed by atoms with van der Waals surface area (Å²) in [7, 11) is 0. The fourth-order valence-corrected chi connectivity index (χ4v) is 2.77. The number of fused-ring (bicyclic) bond motifs is 1. The van der Waals surface area contributed by atoms with Crippen LogP contribution in [0, 0.1) is 0 Å². The molecular formula is C17H16N6O. The molecule has 0 spiro atoms. The zero-order valence-corrected chi connectivity index (χ0v) is 13.0. The molecule has 0 bridgehead atoms. The first-order chi connectivity index (χ1) is 11.8. The molecule has 0 aliphatic carbocycles. The highest BCUT2D eigenvalue weighted by molar-refractivity contribution is 6.05. The second-order valence-corrected chi connectivity index (χ2v) is 5.68. The van der Waals surface area contributed by atoms with Crippen LogP contribution in [-0.2, 0) is 0 Å². The summed E-state index contributed by atoms with van der Waals surface area (Å²) in [5.41, 5.74) is 2.53. The maximum Gasteiger partial charge on any atom is 0.255 e. The first kappa shape index (κ1) is 14.5. The van der Waals surface area contributed by atoms with Gasteiger partial charge in [-0.3, -0.25) is 14.8 Å². The highest BCUT2D eigenvalue weighted by Crippen LogP contribution is 2.17. The summed E-state index contributed by atoms with van der Waals surface area (Å²) in [4.78, 5) is 31.6. The van der Waals surface area contributed by atoms with Gasteiger partial charge in [0, 0.05) is 31.0 Å². The van der Waals surface area contributed by atoms with Gasteiger partial charge in [0.15, 0.2) is 0 Å². The maximum atomic E-state index is 12.4. The van der Waals surface area contributed by atoms with Crippen molar-refractivity contribution in [2.75, 3.05) is 23.3 Å². The van der Waals surface area contributed by atoms with E-state index >= 15 is 0 Å². The molecule has 7 nitrogen and oxygen atoms in total. The minimum Gasteiger partial charge on any atom is -0.341 e. The lowest BCUT2D eigenvalue weighted by molar-refractivity contribution is 0.102. The van der Waals surface area contributed by atoms with Gasteiger partial charge in [0.05, 0.1) is 29.1 Å². The Morgan fingerprint density at radius 1 is 0.958 bits per heavy atom. The van der Waals surface area contributed by atoms with Crippen molar-refractivity contribution in [3.05, 3.63) is 48.5 Å². The molecule has 24 heavy (non-hydrogen) atoms. The molecule has 120 valence electrons. The third kappa shape index (κ3) is 2.88. The molecule has 1 aliphatic rings. The molecule has 1 N–H and O–H groups in total. The van der Waals surface area contributed by atoms with E-state index in [2.05, 4.69) is 30.2 Å². The molecule has 7 heteroatoms. The number of aromatic nitrogens is 4. The van der Waals surface area contributed by atoms with Crippen LogP contribution in [0.5, 0.6) is 0 Å². The minimum absolute atomic E-state index is 0.222. The minimum atomic E-state index is -0.222. The van der Waals surface area contributed by atoms with E-state index in [1.165, 1.54) is 12.8 Å². The van der Waals surface area contributed by atoms with E-state index in [0.717, 1.165) is 18.6 Å². The van der Waals surface area contributed by atoms with Crippen LogP contribution in [0.2, 0.25) is 0 Å². The zero-order chi connectivity index (χ0) is 16.4. The van der Waals surface area contributed by atoms with Gasteiger partial charge in [-0.15, -0.1) is 0 Å². The molecule has 1 aromatic carbocycles. The summed E-state index contributed by atoms with van der Waals surface area (Å²) < 4.78 is 0. The van der Waals surface area contributed by atoms with Crippen LogP contribution in [-0.4, -0.2) is 38.9 Å². The fraction of sp³-hybridized carbons (Fsp3) is 0.235. The monoisotopic (exact) mass is 320 g/mol. The van der Waals surface area contributed by atoms with Crippen molar-refractivity contribution in [1.29, 1.82) is 0 Å². The molecule has 1 saturated heterocycles. The Bertz CT molecular complexity index is 874. The van der Waals surface area contributed by atoms with Crippen LogP contribution >= 0.6 is 0 Å². The third-order valence-electron chi connectivity index (χ3n) is 4.02. The van der Waals surface area contributed by atoms with E-state index in [9.17, 15) is 4.79 Å². The highest BCUT2D eigenvalue weighted by atomic mass is 16.1. The van der Waals surface area contributed by atoms with Crippen molar-refractivity contribution in [2.24, 2.45) is 0 Å². The van der Waals surface area contributed by atoms with Crippen LogP contribution < -0.4 is 10.2 Å².